The van der Waals surface area contributed by atoms with Crippen LogP contribution in [0.5, 0.6) is 0 Å². The first kappa shape index (κ1) is 31.8. The SMILES string of the molecule is C=CC1C[C@]1(NC(=O)C1CCCN1C(=O)C(NC(=O)OC1CCCC1)C(C)(C)C)[PH](=O)OCOC(=O)c1ccccc1. The minimum atomic E-state index is -2.93. The third-order valence-electron chi connectivity index (χ3n) is 8.19. The highest BCUT2D eigenvalue weighted by molar-refractivity contribution is 7.41. The number of rotatable bonds is 11. The van der Waals surface area contributed by atoms with Gasteiger partial charge in [0, 0.05) is 12.5 Å². The van der Waals surface area contributed by atoms with Gasteiger partial charge in [-0.15, -0.1) is 6.58 Å². The van der Waals surface area contributed by atoms with Gasteiger partial charge < -0.3 is 25.0 Å². The van der Waals surface area contributed by atoms with Crippen molar-refractivity contribution in [2.24, 2.45) is 11.3 Å². The Bertz CT molecular complexity index is 1200. The lowest BCUT2D eigenvalue weighted by Gasteiger charge is -2.35. The van der Waals surface area contributed by atoms with Gasteiger partial charge in [-0.1, -0.05) is 45.0 Å². The zero-order valence-corrected chi connectivity index (χ0v) is 25.6. The number of hydrogen-bond acceptors (Lipinski definition) is 8. The number of nitrogens with one attached hydrogen (secondary N) is 2. The molecule has 12 heteroatoms. The maximum Gasteiger partial charge on any atom is 0.408 e. The molecule has 11 nitrogen and oxygen atoms in total. The molecule has 1 aromatic rings. The summed E-state index contributed by atoms with van der Waals surface area (Å²) < 4.78 is 29.3. The average molecular weight is 604 g/mol. The zero-order chi connectivity index (χ0) is 30.5. The number of benzene rings is 1. The van der Waals surface area contributed by atoms with Crippen molar-refractivity contribution in [2.45, 2.75) is 89.2 Å². The van der Waals surface area contributed by atoms with Crippen molar-refractivity contribution < 1.29 is 37.7 Å². The molecule has 2 aliphatic carbocycles. The minimum absolute atomic E-state index is 0.147. The fourth-order valence-electron chi connectivity index (χ4n) is 5.65. The summed E-state index contributed by atoms with van der Waals surface area (Å²) in [5, 5.41) is 4.46. The van der Waals surface area contributed by atoms with E-state index in [0.29, 0.717) is 31.4 Å². The molecule has 3 aliphatic rings. The standard InChI is InChI=1S/C30H42N3O8P/c1-5-21-18-30(21,42(38)40-19-39-27(36)20-12-7-6-8-13-20)32-25(34)23-16-11-17-33(23)26(35)24(29(2,3)4)31-28(37)41-22-14-9-10-15-22/h5-8,12-13,21-24,42H,1,9-11,14-19H2,2-4H3,(H,31,37)(H,32,34)/t21?,23?,24?,30-/m0/s1. The van der Waals surface area contributed by atoms with Crippen LogP contribution in [0.3, 0.4) is 0 Å². The minimum Gasteiger partial charge on any atom is -0.446 e. The lowest BCUT2D eigenvalue weighted by Crippen LogP contribution is -2.58. The third kappa shape index (κ3) is 7.42. The Labute approximate surface area is 247 Å². The fraction of sp³-hybridized carbons (Fsp3) is 0.600. The van der Waals surface area contributed by atoms with Gasteiger partial charge in [-0.05, 0) is 62.5 Å². The quantitative estimate of drug-likeness (QED) is 0.164. The summed E-state index contributed by atoms with van der Waals surface area (Å²) in [5.74, 6) is -1.73. The van der Waals surface area contributed by atoms with E-state index in [1.54, 1.807) is 36.4 Å². The van der Waals surface area contributed by atoms with Gasteiger partial charge in [0.2, 0.25) is 19.8 Å². The van der Waals surface area contributed by atoms with Crippen molar-refractivity contribution in [1.29, 1.82) is 0 Å². The summed E-state index contributed by atoms with van der Waals surface area (Å²) in [4.78, 5) is 53.7. The van der Waals surface area contributed by atoms with Crippen LogP contribution in [0.25, 0.3) is 0 Å². The van der Waals surface area contributed by atoms with Gasteiger partial charge >= 0.3 is 12.1 Å². The van der Waals surface area contributed by atoms with E-state index in [1.807, 2.05) is 20.8 Å². The molecule has 3 fully saturated rings. The van der Waals surface area contributed by atoms with Crippen molar-refractivity contribution in [3.05, 3.63) is 48.6 Å². The number of ether oxygens (including phenoxy) is 2. The Morgan fingerprint density at radius 1 is 1.12 bits per heavy atom. The van der Waals surface area contributed by atoms with E-state index in [-0.39, 0.29) is 17.9 Å². The van der Waals surface area contributed by atoms with Crippen LogP contribution in [0, 0.1) is 11.3 Å². The summed E-state index contributed by atoms with van der Waals surface area (Å²) in [6.45, 7) is 9.13. The summed E-state index contributed by atoms with van der Waals surface area (Å²) in [6.07, 6.45) is 5.84. The van der Waals surface area contributed by atoms with E-state index in [1.165, 1.54) is 4.90 Å². The summed E-state index contributed by atoms with van der Waals surface area (Å²) in [7, 11) is -2.93. The maximum absolute atomic E-state index is 13.8. The zero-order valence-electron chi connectivity index (χ0n) is 24.6. The van der Waals surface area contributed by atoms with E-state index in [9.17, 15) is 23.7 Å². The number of carbonyl (C=O) groups is 4. The second-order valence-electron chi connectivity index (χ2n) is 12.3. The van der Waals surface area contributed by atoms with Gasteiger partial charge in [0.05, 0.1) is 5.56 Å². The molecular formula is C30H42N3O8P. The Morgan fingerprint density at radius 2 is 1.81 bits per heavy atom. The average Bonchev–Trinajstić information content (AvgIpc) is 3.27. The van der Waals surface area contributed by atoms with Crippen LogP contribution in [-0.4, -0.2) is 65.6 Å². The lowest BCUT2D eigenvalue weighted by molar-refractivity contribution is -0.142. The van der Waals surface area contributed by atoms with Gasteiger partial charge in [0.25, 0.3) is 0 Å². The second-order valence-corrected chi connectivity index (χ2v) is 14.1. The molecule has 2 saturated carbocycles. The molecule has 1 heterocycles. The highest BCUT2D eigenvalue weighted by atomic mass is 31.1. The van der Waals surface area contributed by atoms with E-state index < -0.39 is 55.6 Å². The van der Waals surface area contributed by atoms with Crippen LogP contribution in [0.15, 0.2) is 43.0 Å². The predicted molar refractivity (Wildman–Crippen MR) is 156 cm³/mol. The molecule has 230 valence electrons. The smallest absolute Gasteiger partial charge is 0.408 e. The van der Waals surface area contributed by atoms with E-state index in [0.717, 1.165) is 25.7 Å². The second kappa shape index (κ2) is 13.4. The Balaban J connectivity index is 1.38. The van der Waals surface area contributed by atoms with Crippen LogP contribution < -0.4 is 10.6 Å². The number of likely N-dealkylation sites (tertiary alicyclic amines) is 1. The molecule has 0 radical (unpaired) electrons. The highest BCUT2D eigenvalue weighted by Gasteiger charge is 2.60. The van der Waals surface area contributed by atoms with Crippen LogP contribution in [0.4, 0.5) is 4.79 Å². The van der Waals surface area contributed by atoms with Crippen LogP contribution in [0.2, 0.25) is 0 Å². The maximum atomic E-state index is 13.8. The van der Waals surface area contributed by atoms with E-state index >= 15 is 0 Å². The van der Waals surface area contributed by atoms with Crippen LogP contribution in [-0.2, 0) is 28.2 Å². The number of esters is 1. The fourth-order valence-corrected chi connectivity index (χ4v) is 7.11. The number of hydrogen-bond donors (Lipinski definition) is 2. The third-order valence-corrected chi connectivity index (χ3v) is 10.00. The van der Waals surface area contributed by atoms with Crippen molar-refractivity contribution in [3.63, 3.8) is 0 Å². The number of amides is 3. The molecule has 0 aromatic heterocycles. The first-order valence-corrected chi connectivity index (χ1v) is 15.9. The summed E-state index contributed by atoms with van der Waals surface area (Å²) in [6, 6.07) is 6.64. The van der Waals surface area contributed by atoms with E-state index in [2.05, 4.69) is 17.2 Å². The molecular weight excluding hydrogens is 561 g/mol. The predicted octanol–water partition coefficient (Wildman–Crippen LogP) is 4.39. The van der Waals surface area contributed by atoms with Crippen molar-refractivity contribution in [1.82, 2.24) is 15.5 Å². The molecule has 1 aliphatic heterocycles. The molecule has 1 saturated heterocycles. The summed E-state index contributed by atoms with van der Waals surface area (Å²) in [5.41, 5.74) is -0.308. The molecule has 1 aromatic carbocycles. The van der Waals surface area contributed by atoms with Crippen LogP contribution in [0.1, 0.15) is 76.1 Å². The molecule has 4 rings (SSSR count). The lowest BCUT2D eigenvalue weighted by atomic mass is 9.85. The molecule has 5 atom stereocenters. The molecule has 42 heavy (non-hydrogen) atoms. The van der Waals surface area contributed by atoms with Gasteiger partial charge in [-0.2, -0.15) is 0 Å². The number of alkyl carbamates (subject to hydrolysis) is 1. The number of carbonyl (C=O) groups excluding carboxylic acids is 4. The largest absolute Gasteiger partial charge is 0.446 e. The Morgan fingerprint density at radius 3 is 2.43 bits per heavy atom. The highest BCUT2D eigenvalue weighted by Crippen LogP contribution is 2.60. The Kier molecular flexibility index (Phi) is 10.1. The first-order valence-electron chi connectivity index (χ1n) is 14.6. The molecule has 0 spiro atoms. The van der Waals surface area contributed by atoms with Gasteiger partial charge in [-0.25, -0.2) is 9.59 Å². The molecule has 4 unspecified atom stereocenters. The first-order chi connectivity index (χ1) is 20.0. The van der Waals surface area contributed by atoms with Crippen molar-refractivity contribution >= 4 is 31.9 Å². The summed E-state index contributed by atoms with van der Waals surface area (Å²) >= 11 is 0. The van der Waals surface area contributed by atoms with Crippen LogP contribution >= 0.6 is 8.03 Å². The Hall–Kier alpha value is -3.17. The van der Waals surface area contributed by atoms with Gasteiger partial charge in [0.1, 0.15) is 23.5 Å². The monoisotopic (exact) mass is 603 g/mol. The molecule has 2 N–H and O–H groups in total. The topological polar surface area (TPSA) is 140 Å². The van der Waals surface area contributed by atoms with Gasteiger partial charge in [0.15, 0.2) is 6.79 Å². The van der Waals surface area contributed by atoms with Gasteiger partial charge in [-0.3, -0.25) is 18.7 Å². The molecule has 3 amide bonds. The van der Waals surface area contributed by atoms with Crippen molar-refractivity contribution in [2.75, 3.05) is 13.3 Å². The van der Waals surface area contributed by atoms with Crippen molar-refractivity contribution in [3.8, 4) is 0 Å². The normalized spacial score (nSPS) is 25.3. The van der Waals surface area contributed by atoms with E-state index in [4.69, 9.17) is 14.0 Å². The molecule has 0 bridgehead atoms. The number of nitrogens with zero attached hydrogens (tertiary/aromatic N) is 1.